The van der Waals surface area contributed by atoms with Crippen molar-refractivity contribution < 1.29 is 4.21 Å². The molecule has 0 fully saturated rings. The molecule has 21 heavy (non-hydrogen) atoms. The Hall–Kier alpha value is -0.970. The van der Waals surface area contributed by atoms with Gasteiger partial charge in [0, 0.05) is 21.2 Å². The van der Waals surface area contributed by atoms with E-state index in [0.717, 1.165) is 15.9 Å². The van der Waals surface area contributed by atoms with Crippen molar-refractivity contribution in [1.29, 1.82) is 0 Å². The average Bonchev–Trinajstić information content (AvgIpc) is 2.47. The second-order valence-corrected chi connectivity index (χ2v) is 7.35. The quantitative estimate of drug-likeness (QED) is 0.830. The molecule has 2 unspecified atom stereocenters. The highest BCUT2D eigenvalue weighted by molar-refractivity contribution is 9.10. The first kappa shape index (κ1) is 16.4. The zero-order chi connectivity index (χ0) is 15.2. The second-order valence-electron chi connectivity index (χ2n) is 4.94. The van der Waals surface area contributed by atoms with E-state index in [-0.39, 0.29) is 6.04 Å². The fraction of sp³-hybridized carbons (Fsp3) is 0.294. The molecule has 0 aliphatic heterocycles. The molecule has 4 heteroatoms. The summed E-state index contributed by atoms with van der Waals surface area (Å²) in [5.74, 6) is 0.579. The molecule has 0 saturated heterocycles. The summed E-state index contributed by atoms with van der Waals surface area (Å²) in [6, 6.07) is 16.1. The minimum absolute atomic E-state index is 0.107. The lowest BCUT2D eigenvalue weighted by Gasteiger charge is -2.20. The number of hydrogen-bond donors (Lipinski definition) is 1. The molecule has 0 bridgehead atoms. The molecule has 0 spiro atoms. The molecule has 2 atom stereocenters. The van der Waals surface area contributed by atoms with Crippen LogP contribution in [0.15, 0.2) is 57.9 Å². The maximum Gasteiger partial charge on any atom is 0.0549 e. The van der Waals surface area contributed by atoms with Gasteiger partial charge in [-0.15, -0.1) is 0 Å². The molecule has 0 radical (unpaired) electrons. The van der Waals surface area contributed by atoms with Crippen LogP contribution in [0.25, 0.3) is 0 Å². The van der Waals surface area contributed by atoms with Crippen molar-refractivity contribution in [3.63, 3.8) is 0 Å². The van der Waals surface area contributed by atoms with E-state index in [2.05, 4.69) is 47.2 Å². The number of halogens is 1. The number of benzene rings is 2. The molecule has 2 aromatic carbocycles. The van der Waals surface area contributed by atoms with Crippen molar-refractivity contribution in [2.45, 2.75) is 24.8 Å². The molecule has 2 nitrogen and oxygen atoms in total. The summed E-state index contributed by atoms with van der Waals surface area (Å²) in [5, 5.41) is 3.45. The van der Waals surface area contributed by atoms with Crippen molar-refractivity contribution in [2.75, 3.05) is 12.3 Å². The summed E-state index contributed by atoms with van der Waals surface area (Å²) in [4.78, 5) is 0.862. The van der Waals surface area contributed by atoms with Crippen LogP contribution in [-0.4, -0.2) is 16.5 Å². The Morgan fingerprint density at radius 1 is 1.19 bits per heavy atom. The SMILES string of the molecule is CCNC(CS(=O)c1cccc(Br)c1)c1ccccc1C. The van der Waals surface area contributed by atoms with Gasteiger partial charge in [-0.2, -0.15) is 0 Å². The van der Waals surface area contributed by atoms with Gasteiger partial charge in [-0.1, -0.05) is 53.2 Å². The monoisotopic (exact) mass is 365 g/mol. The van der Waals surface area contributed by atoms with Gasteiger partial charge >= 0.3 is 0 Å². The lowest BCUT2D eigenvalue weighted by molar-refractivity contribution is 0.592. The van der Waals surface area contributed by atoms with Crippen molar-refractivity contribution in [2.24, 2.45) is 0 Å². The Labute approximate surface area is 137 Å². The number of aryl methyl sites for hydroxylation is 1. The van der Waals surface area contributed by atoms with Crippen LogP contribution in [0.2, 0.25) is 0 Å². The maximum atomic E-state index is 12.6. The Kier molecular flexibility index (Phi) is 6.15. The van der Waals surface area contributed by atoms with Gasteiger partial charge in [0.25, 0.3) is 0 Å². The highest BCUT2D eigenvalue weighted by Crippen LogP contribution is 2.22. The maximum absolute atomic E-state index is 12.6. The molecular weight excluding hydrogens is 346 g/mol. The van der Waals surface area contributed by atoms with Crippen molar-refractivity contribution in [3.05, 3.63) is 64.1 Å². The van der Waals surface area contributed by atoms with Crippen molar-refractivity contribution in [1.82, 2.24) is 5.32 Å². The first-order valence-corrected chi connectivity index (χ1v) is 9.16. The highest BCUT2D eigenvalue weighted by Gasteiger charge is 2.17. The second kappa shape index (κ2) is 7.87. The van der Waals surface area contributed by atoms with E-state index in [1.165, 1.54) is 11.1 Å². The molecule has 2 rings (SSSR count). The molecule has 112 valence electrons. The summed E-state index contributed by atoms with van der Waals surface area (Å²) in [7, 11) is -1.03. The number of hydrogen-bond acceptors (Lipinski definition) is 2. The van der Waals surface area contributed by atoms with Gasteiger partial charge in [-0.05, 0) is 42.8 Å². The predicted octanol–water partition coefficient (Wildman–Crippen LogP) is 4.22. The Morgan fingerprint density at radius 3 is 2.62 bits per heavy atom. The normalized spacial score (nSPS) is 13.9. The first-order valence-electron chi connectivity index (χ1n) is 7.04. The van der Waals surface area contributed by atoms with Crippen LogP contribution in [-0.2, 0) is 10.8 Å². The van der Waals surface area contributed by atoms with Crippen LogP contribution >= 0.6 is 15.9 Å². The lowest BCUT2D eigenvalue weighted by atomic mass is 10.0. The van der Waals surface area contributed by atoms with Gasteiger partial charge in [0.2, 0.25) is 0 Å². The minimum Gasteiger partial charge on any atom is -0.309 e. The summed E-state index contributed by atoms with van der Waals surface area (Å²) >= 11 is 3.43. The van der Waals surface area contributed by atoms with Crippen molar-refractivity contribution in [3.8, 4) is 0 Å². The minimum atomic E-state index is -1.03. The van der Waals surface area contributed by atoms with E-state index in [1.807, 2.05) is 36.4 Å². The van der Waals surface area contributed by atoms with Gasteiger partial charge in [-0.25, -0.2) is 0 Å². The largest absolute Gasteiger partial charge is 0.309 e. The van der Waals surface area contributed by atoms with Crippen LogP contribution in [0.5, 0.6) is 0 Å². The van der Waals surface area contributed by atoms with Gasteiger partial charge in [0.15, 0.2) is 0 Å². The molecule has 0 aromatic heterocycles. The third-order valence-electron chi connectivity index (χ3n) is 3.39. The van der Waals surface area contributed by atoms with Gasteiger partial charge in [0.1, 0.15) is 0 Å². The standard InChI is InChI=1S/C17H20BrNOS/c1-3-19-17(16-10-5-4-7-13(16)2)12-21(20)15-9-6-8-14(18)11-15/h4-11,17,19H,3,12H2,1-2H3. The smallest absolute Gasteiger partial charge is 0.0549 e. The van der Waals surface area contributed by atoms with E-state index in [1.54, 1.807) is 0 Å². The topological polar surface area (TPSA) is 29.1 Å². The summed E-state index contributed by atoms with van der Waals surface area (Å²) in [6.07, 6.45) is 0. The van der Waals surface area contributed by atoms with Crippen LogP contribution in [0, 0.1) is 6.92 Å². The molecule has 0 amide bonds. The van der Waals surface area contributed by atoms with Gasteiger partial charge in [-0.3, -0.25) is 4.21 Å². The van der Waals surface area contributed by atoms with E-state index in [0.29, 0.717) is 5.75 Å². The van der Waals surface area contributed by atoms with Crippen LogP contribution in [0.4, 0.5) is 0 Å². The lowest BCUT2D eigenvalue weighted by Crippen LogP contribution is -2.26. The molecular formula is C17H20BrNOS. The van der Waals surface area contributed by atoms with Crippen LogP contribution < -0.4 is 5.32 Å². The average molecular weight is 366 g/mol. The van der Waals surface area contributed by atoms with Crippen LogP contribution in [0.1, 0.15) is 24.1 Å². The van der Waals surface area contributed by atoms with Crippen LogP contribution in [0.3, 0.4) is 0 Å². The van der Waals surface area contributed by atoms with Crippen molar-refractivity contribution >= 4 is 26.7 Å². The fourth-order valence-corrected chi connectivity index (χ4v) is 4.17. The van der Waals surface area contributed by atoms with Gasteiger partial charge in [0.05, 0.1) is 10.8 Å². The number of rotatable bonds is 6. The molecule has 0 heterocycles. The Bertz CT molecular complexity index is 630. The summed E-state index contributed by atoms with van der Waals surface area (Å²) in [6.45, 7) is 5.03. The Balaban J connectivity index is 2.20. The summed E-state index contributed by atoms with van der Waals surface area (Å²) < 4.78 is 13.6. The third kappa shape index (κ3) is 4.50. The molecule has 0 aliphatic carbocycles. The molecule has 1 N–H and O–H groups in total. The molecule has 0 aliphatic rings. The van der Waals surface area contributed by atoms with Gasteiger partial charge < -0.3 is 5.32 Å². The third-order valence-corrected chi connectivity index (χ3v) is 5.30. The molecule has 2 aromatic rings. The molecule has 0 saturated carbocycles. The zero-order valence-corrected chi connectivity index (χ0v) is 14.7. The predicted molar refractivity (Wildman–Crippen MR) is 93.0 cm³/mol. The van der Waals surface area contributed by atoms with E-state index in [9.17, 15) is 4.21 Å². The van der Waals surface area contributed by atoms with E-state index in [4.69, 9.17) is 0 Å². The zero-order valence-electron chi connectivity index (χ0n) is 12.3. The van der Waals surface area contributed by atoms with E-state index < -0.39 is 10.8 Å². The van der Waals surface area contributed by atoms with E-state index >= 15 is 0 Å². The summed E-state index contributed by atoms with van der Waals surface area (Å²) in [5.41, 5.74) is 2.46. The number of nitrogens with one attached hydrogen (secondary N) is 1. The fourth-order valence-electron chi connectivity index (χ4n) is 2.34. The highest BCUT2D eigenvalue weighted by atomic mass is 79.9. The Morgan fingerprint density at radius 2 is 1.95 bits per heavy atom. The first-order chi connectivity index (χ1) is 10.1.